The number of nitrogens with one attached hydrogen (secondary N) is 1. The second-order valence-corrected chi connectivity index (χ2v) is 4.62. The number of ether oxygens (including phenoxy) is 1. The molecule has 0 amide bonds. The van der Waals surface area contributed by atoms with Crippen molar-refractivity contribution in [3.05, 3.63) is 53.0 Å². The molecule has 0 bridgehead atoms. The fraction of sp³-hybridized carbons (Fsp3) is 0.375. The zero-order chi connectivity index (χ0) is 13.8. The molecular formula is C16H21NO2. The lowest BCUT2D eigenvalue weighted by Gasteiger charge is -2.20. The van der Waals surface area contributed by atoms with Crippen LogP contribution in [0.1, 0.15) is 35.4 Å². The van der Waals surface area contributed by atoms with Crippen molar-refractivity contribution in [1.82, 2.24) is 5.32 Å². The van der Waals surface area contributed by atoms with E-state index in [1.54, 1.807) is 13.4 Å². The van der Waals surface area contributed by atoms with Crippen LogP contribution in [0.3, 0.4) is 0 Å². The smallest absolute Gasteiger partial charge is 0.124 e. The molecule has 19 heavy (non-hydrogen) atoms. The van der Waals surface area contributed by atoms with Crippen LogP contribution in [0.4, 0.5) is 0 Å². The van der Waals surface area contributed by atoms with Gasteiger partial charge in [-0.05, 0) is 26.1 Å². The molecule has 0 aliphatic heterocycles. The van der Waals surface area contributed by atoms with E-state index in [4.69, 9.17) is 9.15 Å². The predicted octanol–water partition coefficient (Wildman–Crippen LogP) is 3.47. The van der Waals surface area contributed by atoms with E-state index >= 15 is 0 Å². The van der Waals surface area contributed by atoms with Gasteiger partial charge in [-0.2, -0.15) is 0 Å². The summed E-state index contributed by atoms with van der Waals surface area (Å²) in [4.78, 5) is 0. The molecule has 0 aliphatic rings. The molecule has 1 heterocycles. The Balaban J connectivity index is 2.50. The van der Waals surface area contributed by atoms with Crippen LogP contribution in [0.15, 0.2) is 34.9 Å². The van der Waals surface area contributed by atoms with Crippen molar-refractivity contribution >= 4 is 0 Å². The van der Waals surface area contributed by atoms with E-state index in [-0.39, 0.29) is 6.04 Å². The monoisotopic (exact) mass is 259 g/mol. The molecule has 0 saturated heterocycles. The summed E-state index contributed by atoms with van der Waals surface area (Å²) in [5.41, 5.74) is 3.53. The molecule has 1 N–H and O–H groups in total. The highest BCUT2D eigenvalue weighted by Gasteiger charge is 2.20. The minimum atomic E-state index is 0.0866. The normalized spacial score (nSPS) is 12.4. The van der Waals surface area contributed by atoms with Gasteiger partial charge in [-0.25, -0.2) is 0 Å². The van der Waals surface area contributed by atoms with Gasteiger partial charge in [-0.15, -0.1) is 0 Å². The van der Waals surface area contributed by atoms with Crippen molar-refractivity contribution in [3.8, 4) is 5.75 Å². The van der Waals surface area contributed by atoms with Gasteiger partial charge in [0.2, 0.25) is 0 Å². The van der Waals surface area contributed by atoms with Gasteiger partial charge < -0.3 is 14.5 Å². The van der Waals surface area contributed by atoms with Crippen molar-refractivity contribution < 1.29 is 9.15 Å². The quantitative estimate of drug-likeness (QED) is 0.892. The summed E-state index contributed by atoms with van der Waals surface area (Å²) in [5, 5.41) is 3.36. The van der Waals surface area contributed by atoms with E-state index in [0.717, 1.165) is 23.5 Å². The maximum atomic E-state index is 5.54. The third-order valence-electron chi connectivity index (χ3n) is 3.40. The number of hydrogen-bond acceptors (Lipinski definition) is 3. The van der Waals surface area contributed by atoms with Crippen molar-refractivity contribution in [1.29, 1.82) is 0 Å². The van der Waals surface area contributed by atoms with Crippen LogP contribution in [0.5, 0.6) is 5.75 Å². The van der Waals surface area contributed by atoms with E-state index in [0.29, 0.717) is 0 Å². The Kier molecular flexibility index (Phi) is 4.27. The summed E-state index contributed by atoms with van der Waals surface area (Å²) in [6.07, 6.45) is 2.63. The standard InChI is InChI=1S/C16H21NO2/c1-5-14-12(8-9-19-14)16(17-3)13-10-11(2)6-7-15(13)18-4/h6-10,16-17H,5H2,1-4H3. The second-order valence-electron chi connectivity index (χ2n) is 4.62. The molecule has 2 rings (SSSR count). The second kappa shape index (κ2) is 5.93. The molecule has 1 atom stereocenters. The van der Waals surface area contributed by atoms with Crippen LogP contribution in [0, 0.1) is 6.92 Å². The third-order valence-corrected chi connectivity index (χ3v) is 3.40. The topological polar surface area (TPSA) is 34.4 Å². The number of aryl methyl sites for hydroxylation is 2. The molecule has 0 fully saturated rings. The van der Waals surface area contributed by atoms with E-state index in [2.05, 4.69) is 31.3 Å². The van der Waals surface area contributed by atoms with Crippen LogP contribution in [-0.2, 0) is 6.42 Å². The van der Waals surface area contributed by atoms with Crippen LogP contribution < -0.4 is 10.1 Å². The Morgan fingerprint density at radius 2 is 2.05 bits per heavy atom. The predicted molar refractivity (Wildman–Crippen MR) is 76.7 cm³/mol. The molecule has 102 valence electrons. The Labute approximate surface area is 114 Å². The van der Waals surface area contributed by atoms with Crippen molar-refractivity contribution in [2.24, 2.45) is 0 Å². The maximum absolute atomic E-state index is 5.54. The lowest BCUT2D eigenvalue weighted by Crippen LogP contribution is -2.19. The van der Waals surface area contributed by atoms with Crippen LogP contribution >= 0.6 is 0 Å². The summed E-state index contributed by atoms with van der Waals surface area (Å²) < 4.78 is 11.0. The first kappa shape index (κ1) is 13.7. The summed E-state index contributed by atoms with van der Waals surface area (Å²) >= 11 is 0. The van der Waals surface area contributed by atoms with Gasteiger partial charge in [-0.1, -0.05) is 24.6 Å². The molecule has 2 aromatic rings. The average molecular weight is 259 g/mol. The summed E-state index contributed by atoms with van der Waals surface area (Å²) in [5.74, 6) is 1.91. The number of furan rings is 1. The highest BCUT2D eigenvalue weighted by atomic mass is 16.5. The molecule has 1 aromatic carbocycles. The van der Waals surface area contributed by atoms with Gasteiger partial charge in [-0.3, -0.25) is 0 Å². The largest absolute Gasteiger partial charge is 0.496 e. The van der Waals surface area contributed by atoms with Gasteiger partial charge in [0.1, 0.15) is 11.5 Å². The average Bonchev–Trinajstić information content (AvgIpc) is 2.88. The highest BCUT2D eigenvalue weighted by Crippen LogP contribution is 2.32. The lowest BCUT2D eigenvalue weighted by molar-refractivity contribution is 0.404. The van der Waals surface area contributed by atoms with E-state index in [1.165, 1.54) is 11.1 Å². The van der Waals surface area contributed by atoms with Crippen LogP contribution in [0.25, 0.3) is 0 Å². The van der Waals surface area contributed by atoms with Gasteiger partial charge >= 0.3 is 0 Å². The Hall–Kier alpha value is -1.74. The van der Waals surface area contributed by atoms with Gasteiger partial charge in [0, 0.05) is 17.5 Å². The van der Waals surface area contributed by atoms with Crippen molar-refractivity contribution in [2.45, 2.75) is 26.3 Å². The molecule has 0 radical (unpaired) electrons. The van der Waals surface area contributed by atoms with Crippen LogP contribution in [0.2, 0.25) is 0 Å². The first-order valence-electron chi connectivity index (χ1n) is 6.59. The third kappa shape index (κ3) is 2.66. The molecule has 3 heteroatoms. The Bertz CT molecular complexity index is 545. The summed E-state index contributed by atoms with van der Waals surface area (Å²) in [7, 11) is 3.66. The van der Waals surface area contributed by atoms with E-state index < -0.39 is 0 Å². The molecular weight excluding hydrogens is 238 g/mol. The first-order valence-corrected chi connectivity index (χ1v) is 6.59. The Morgan fingerprint density at radius 1 is 1.26 bits per heavy atom. The number of methoxy groups -OCH3 is 1. The summed E-state index contributed by atoms with van der Waals surface area (Å²) in [6.45, 7) is 4.19. The molecule has 0 aliphatic carbocycles. The SMILES string of the molecule is CCc1occc1C(NC)c1cc(C)ccc1OC. The molecule has 3 nitrogen and oxygen atoms in total. The van der Waals surface area contributed by atoms with Gasteiger partial charge in [0.05, 0.1) is 19.4 Å². The summed E-state index contributed by atoms with van der Waals surface area (Å²) in [6, 6.07) is 8.35. The van der Waals surface area contributed by atoms with Crippen LogP contribution in [-0.4, -0.2) is 14.2 Å². The number of benzene rings is 1. The minimum absolute atomic E-state index is 0.0866. The van der Waals surface area contributed by atoms with Gasteiger partial charge in [0.15, 0.2) is 0 Å². The molecule has 1 aromatic heterocycles. The van der Waals surface area contributed by atoms with E-state index in [1.807, 2.05) is 19.2 Å². The minimum Gasteiger partial charge on any atom is -0.496 e. The zero-order valence-electron chi connectivity index (χ0n) is 12.0. The molecule has 0 saturated carbocycles. The molecule has 1 unspecified atom stereocenters. The zero-order valence-corrected chi connectivity index (χ0v) is 12.0. The maximum Gasteiger partial charge on any atom is 0.124 e. The van der Waals surface area contributed by atoms with Gasteiger partial charge in [0.25, 0.3) is 0 Å². The fourth-order valence-corrected chi connectivity index (χ4v) is 2.45. The van der Waals surface area contributed by atoms with E-state index in [9.17, 15) is 0 Å². The lowest BCUT2D eigenvalue weighted by atomic mass is 9.96. The first-order chi connectivity index (χ1) is 9.21. The molecule has 0 spiro atoms. The Morgan fingerprint density at radius 3 is 2.68 bits per heavy atom. The van der Waals surface area contributed by atoms with Crippen molar-refractivity contribution in [2.75, 3.05) is 14.2 Å². The fourth-order valence-electron chi connectivity index (χ4n) is 2.45. The number of hydrogen-bond donors (Lipinski definition) is 1. The highest BCUT2D eigenvalue weighted by molar-refractivity contribution is 5.44. The number of rotatable bonds is 5. The van der Waals surface area contributed by atoms with Crippen molar-refractivity contribution in [3.63, 3.8) is 0 Å².